The van der Waals surface area contributed by atoms with Gasteiger partial charge in [-0.25, -0.2) is 9.37 Å². The van der Waals surface area contributed by atoms with Crippen molar-refractivity contribution in [2.24, 2.45) is 0 Å². The number of hydrogen-bond acceptors (Lipinski definition) is 4. The van der Waals surface area contributed by atoms with Crippen molar-refractivity contribution in [2.45, 2.75) is 66.5 Å². The Hall–Kier alpha value is -3.73. The van der Waals surface area contributed by atoms with Crippen LogP contribution in [0.15, 0.2) is 60.7 Å². The van der Waals surface area contributed by atoms with Crippen LogP contribution in [0.5, 0.6) is 0 Å². The Balaban J connectivity index is 1.85. The molecular weight excluding hydrogens is 555 g/mol. The van der Waals surface area contributed by atoms with Crippen LogP contribution in [-0.4, -0.2) is 35.2 Å². The number of benzene rings is 3. The number of carboxylic acid groups (broad SMARTS) is 1. The highest BCUT2D eigenvalue weighted by Crippen LogP contribution is 2.46. The molecule has 6 nitrogen and oxygen atoms in total. The van der Waals surface area contributed by atoms with Gasteiger partial charge >= 0.3 is 5.97 Å². The molecule has 3 aliphatic heterocycles. The van der Waals surface area contributed by atoms with E-state index in [9.17, 15) is 19.4 Å². The molecule has 0 radical (unpaired) electrons. The van der Waals surface area contributed by atoms with E-state index in [1.165, 1.54) is 0 Å². The minimum atomic E-state index is -4.36. The number of hydrogen-bond donors (Lipinski definition) is 1. The Morgan fingerprint density at radius 2 is 1.58 bits per heavy atom. The minimum absolute atomic E-state index is 0.139. The van der Waals surface area contributed by atoms with E-state index in [-0.39, 0.29) is 27.3 Å². The summed E-state index contributed by atoms with van der Waals surface area (Å²) in [7, 11) is -4.36. The molecule has 0 spiro atoms. The normalized spacial score (nSPS) is 21.3. The van der Waals surface area contributed by atoms with E-state index in [0.29, 0.717) is 35.0 Å². The second-order valence-corrected chi connectivity index (χ2v) is 15.1. The summed E-state index contributed by atoms with van der Waals surface area (Å²) in [5, 5.41) is 12.2. The van der Waals surface area contributed by atoms with Gasteiger partial charge in [-0.3, -0.25) is 0 Å². The minimum Gasteiger partial charge on any atom is -0.793 e. The molecule has 1 atom stereocenters. The molecule has 3 aromatic carbocycles. The Morgan fingerprint density at radius 1 is 0.907 bits per heavy atom. The lowest BCUT2D eigenvalue weighted by Gasteiger charge is -2.44. The Morgan fingerprint density at radius 3 is 2.23 bits per heavy atom. The fourth-order valence-electron chi connectivity index (χ4n) is 7.72. The lowest BCUT2D eigenvalue weighted by molar-refractivity contribution is -0.167. The predicted octanol–water partition coefficient (Wildman–Crippen LogP) is 4.26. The number of carbonyl (C=O) groups is 1. The third kappa shape index (κ3) is 4.22. The van der Waals surface area contributed by atoms with E-state index in [2.05, 4.69) is 77.0 Å². The van der Waals surface area contributed by atoms with Gasteiger partial charge in [-0.2, -0.15) is 0 Å². The Bertz CT molecular complexity index is 2000. The van der Waals surface area contributed by atoms with Crippen molar-refractivity contribution in [1.82, 2.24) is 4.58 Å². The lowest BCUT2D eigenvalue weighted by Crippen LogP contribution is -2.52. The number of anilines is 1. The second kappa shape index (κ2) is 9.64. The topological polar surface area (TPSA) is 83.7 Å². The number of aromatic carboxylic acids is 1. The van der Waals surface area contributed by atoms with Crippen molar-refractivity contribution in [2.75, 3.05) is 18.0 Å². The molecule has 6 rings (SSSR count). The van der Waals surface area contributed by atoms with Crippen LogP contribution < -0.4 is 35.6 Å². The van der Waals surface area contributed by atoms with Gasteiger partial charge in [0, 0.05) is 53.9 Å². The van der Waals surface area contributed by atoms with Crippen molar-refractivity contribution >= 4 is 46.4 Å². The maximum absolute atomic E-state index is 14.8. The zero-order chi connectivity index (χ0) is 31.2. The first-order chi connectivity index (χ1) is 20.1. The van der Waals surface area contributed by atoms with Crippen LogP contribution in [0.2, 0.25) is 0 Å². The highest BCUT2D eigenvalue weighted by Gasteiger charge is 2.38. The van der Waals surface area contributed by atoms with E-state index in [4.69, 9.17) is 0 Å². The molecular formula is C36H39N2O4P. The molecule has 43 heavy (non-hydrogen) atoms. The molecule has 3 aromatic rings. The molecule has 0 aliphatic carbocycles. The zero-order valence-electron chi connectivity index (χ0n) is 26.2. The number of carboxylic acids is 1. The van der Waals surface area contributed by atoms with Crippen molar-refractivity contribution in [3.8, 4) is 0 Å². The second-order valence-electron chi connectivity index (χ2n) is 13.0. The van der Waals surface area contributed by atoms with Gasteiger partial charge in [0.1, 0.15) is 6.54 Å². The van der Waals surface area contributed by atoms with Gasteiger partial charge in [0.25, 0.3) is 0 Å². The molecule has 0 fully saturated rings. The Labute approximate surface area is 253 Å². The molecule has 222 valence electrons. The van der Waals surface area contributed by atoms with E-state index in [1.807, 2.05) is 30.3 Å². The van der Waals surface area contributed by atoms with Crippen molar-refractivity contribution in [3.05, 3.63) is 99.1 Å². The van der Waals surface area contributed by atoms with E-state index in [0.717, 1.165) is 33.3 Å². The number of allylic oxidation sites excluding steroid dienone is 2. The summed E-state index contributed by atoms with van der Waals surface area (Å²) >= 11 is 0. The third-order valence-corrected chi connectivity index (χ3v) is 11.4. The van der Waals surface area contributed by atoms with Crippen LogP contribution in [0, 0.1) is 0 Å². The Kier molecular flexibility index (Phi) is 6.58. The van der Waals surface area contributed by atoms with Gasteiger partial charge in [-0.15, -0.1) is 0 Å². The molecule has 0 bridgehead atoms. The first-order valence-electron chi connectivity index (χ1n) is 15.0. The molecule has 7 heteroatoms. The molecule has 0 saturated carbocycles. The van der Waals surface area contributed by atoms with Gasteiger partial charge in [-0.05, 0) is 105 Å². The van der Waals surface area contributed by atoms with Gasteiger partial charge < -0.3 is 19.5 Å². The number of nitrogens with zero attached hydrogens (tertiary/aromatic N) is 2. The fourth-order valence-corrected chi connectivity index (χ4v) is 9.55. The third-order valence-electron chi connectivity index (χ3n) is 9.42. The predicted molar refractivity (Wildman–Crippen MR) is 174 cm³/mol. The van der Waals surface area contributed by atoms with E-state index >= 15 is 0 Å². The summed E-state index contributed by atoms with van der Waals surface area (Å²) in [4.78, 5) is 29.5. The number of fused-ring (bicyclic) bond motifs is 4. The van der Waals surface area contributed by atoms with Crippen molar-refractivity contribution in [1.29, 1.82) is 0 Å². The fraction of sp³-hybridized carbons (Fsp3) is 0.333. The summed E-state index contributed by atoms with van der Waals surface area (Å²) in [6.07, 6.45) is 4.44. The molecule has 3 heterocycles. The monoisotopic (exact) mass is 594 g/mol. The van der Waals surface area contributed by atoms with E-state index < -0.39 is 13.3 Å². The van der Waals surface area contributed by atoms with Crippen LogP contribution in [-0.2, 0) is 4.57 Å². The van der Waals surface area contributed by atoms with E-state index in [1.54, 1.807) is 18.2 Å². The van der Waals surface area contributed by atoms with Gasteiger partial charge in [0.2, 0.25) is 5.36 Å². The molecule has 1 unspecified atom stereocenters. The number of rotatable bonds is 4. The highest BCUT2D eigenvalue weighted by molar-refractivity contribution is 7.72. The standard InChI is InChI=1S/C36H39N2O4P/c1-9-37-29-17-31-27(15-25(29)21(3)19-35(37,5)6)33(23-13-11-12-14-24(23)34(39)40)28-16-26-22(4)20-36(7,8)38(10-2)30(26)18-32(28)43(31,41)42/h11-20H,9-10H2,1-8H3,(H-,39,40,41,42). The highest BCUT2D eigenvalue weighted by atomic mass is 31.2. The summed E-state index contributed by atoms with van der Waals surface area (Å²) in [6.45, 7) is 18.2. The lowest BCUT2D eigenvalue weighted by atomic mass is 9.84. The molecule has 0 amide bonds. The van der Waals surface area contributed by atoms with Gasteiger partial charge in [0.05, 0.1) is 18.5 Å². The average Bonchev–Trinajstić information content (AvgIpc) is 2.92. The smallest absolute Gasteiger partial charge is 0.336 e. The van der Waals surface area contributed by atoms with Gasteiger partial charge in [-0.1, -0.05) is 24.3 Å². The van der Waals surface area contributed by atoms with Crippen LogP contribution in [0.1, 0.15) is 88.0 Å². The summed E-state index contributed by atoms with van der Waals surface area (Å²) in [5.74, 6) is -1.05. The first-order valence-corrected chi connectivity index (χ1v) is 16.6. The maximum atomic E-state index is 14.8. The summed E-state index contributed by atoms with van der Waals surface area (Å²) < 4.78 is 17.0. The zero-order valence-corrected chi connectivity index (χ0v) is 27.1. The average molecular weight is 595 g/mol. The van der Waals surface area contributed by atoms with Crippen LogP contribution in [0.4, 0.5) is 5.69 Å². The SMILES string of the molecule is CCN1c2cc3c(cc2C(C)=CC1(C)C)C(c1ccccc1C(=O)O)=c1cc2c(cc1P3(=O)[O-])=[N+](CC)C(C)(C)C=C2C. The molecule has 1 N–H and O–H groups in total. The molecule has 0 aromatic heterocycles. The first kappa shape index (κ1) is 29.3. The number of likely N-dealkylation sites (N-methyl/N-ethyl adjacent to an activating group) is 2. The van der Waals surface area contributed by atoms with Crippen molar-refractivity contribution < 1.29 is 19.4 Å². The van der Waals surface area contributed by atoms with Crippen LogP contribution >= 0.6 is 7.37 Å². The van der Waals surface area contributed by atoms with Crippen molar-refractivity contribution in [3.63, 3.8) is 0 Å². The van der Waals surface area contributed by atoms with Crippen LogP contribution in [0.25, 0.3) is 16.7 Å². The van der Waals surface area contributed by atoms with Crippen LogP contribution in [0.3, 0.4) is 0 Å². The van der Waals surface area contributed by atoms with Gasteiger partial charge in [0.15, 0.2) is 5.54 Å². The summed E-state index contributed by atoms with van der Waals surface area (Å²) in [6, 6.07) is 14.5. The molecule has 0 saturated heterocycles. The quantitative estimate of drug-likeness (QED) is 0.361. The largest absolute Gasteiger partial charge is 0.793 e. The maximum Gasteiger partial charge on any atom is 0.336 e. The summed E-state index contributed by atoms with van der Waals surface area (Å²) in [5.41, 5.74) is 6.17. The molecule has 3 aliphatic rings.